The van der Waals surface area contributed by atoms with Gasteiger partial charge in [-0.1, -0.05) is 30.3 Å². The Morgan fingerprint density at radius 3 is 2.74 bits per heavy atom. The third-order valence-corrected chi connectivity index (χ3v) is 5.06. The Balaban J connectivity index is 1.34. The summed E-state index contributed by atoms with van der Waals surface area (Å²) in [5.41, 5.74) is 1.39. The van der Waals surface area contributed by atoms with Crippen LogP contribution in [0.5, 0.6) is 0 Å². The number of nitrogens with zero attached hydrogens (tertiary/aromatic N) is 5. The lowest BCUT2D eigenvalue weighted by Crippen LogP contribution is -2.44. The van der Waals surface area contributed by atoms with E-state index in [1.807, 2.05) is 11.6 Å². The maximum absolute atomic E-state index is 4.36. The summed E-state index contributed by atoms with van der Waals surface area (Å²) >= 11 is 0. The summed E-state index contributed by atoms with van der Waals surface area (Å²) in [5.74, 6) is 0.894. The first-order chi connectivity index (χ1) is 13.3. The minimum atomic E-state index is 0.567. The van der Waals surface area contributed by atoms with Crippen molar-refractivity contribution < 1.29 is 0 Å². The van der Waals surface area contributed by atoms with Crippen LogP contribution in [0.1, 0.15) is 31.2 Å². The molecule has 7 nitrogen and oxygen atoms in total. The molecule has 1 aliphatic heterocycles. The molecule has 1 fully saturated rings. The van der Waals surface area contributed by atoms with Crippen molar-refractivity contribution in [1.82, 2.24) is 30.3 Å². The fourth-order valence-electron chi connectivity index (χ4n) is 3.55. The first-order valence-corrected chi connectivity index (χ1v) is 9.90. The Kier molecular flexibility index (Phi) is 7.65. The molecule has 3 rings (SSSR count). The first kappa shape index (κ1) is 19.4. The number of aliphatic imine (C=N–C) groups is 1. The molecule has 1 atom stereocenters. The molecular formula is C20H31N7. The number of aromatic nitrogens is 3. The lowest BCUT2D eigenvalue weighted by molar-refractivity contribution is 0.245. The van der Waals surface area contributed by atoms with E-state index in [4.69, 9.17) is 0 Å². The molecule has 0 radical (unpaired) electrons. The molecule has 1 saturated heterocycles. The molecule has 146 valence electrons. The van der Waals surface area contributed by atoms with E-state index >= 15 is 0 Å². The van der Waals surface area contributed by atoms with E-state index in [0.717, 1.165) is 45.0 Å². The zero-order valence-corrected chi connectivity index (χ0v) is 16.2. The van der Waals surface area contributed by atoms with E-state index in [0.29, 0.717) is 6.04 Å². The minimum absolute atomic E-state index is 0.567. The second kappa shape index (κ2) is 10.7. The number of rotatable bonds is 9. The van der Waals surface area contributed by atoms with Gasteiger partial charge in [0.25, 0.3) is 0 Å². The van der Waals surface area contributed by atoms with Crippen LogP contribution in [0.4, 0.5) is 0 Å². The highest BCUT2D eigenvalue weighted by atomic mass is 15.2. The molecule has 0 amide bonds. The normalized spacial score (nSPS) is 18.0. The molecule has 1 aliphatic rings. The van der Waals surface area contributed by atoms with E-state index in [9.17, 15) is 0 Å². The molecule has 1 aromatic heterocycles. The average Bonchev–Trinajstić information content (AvgIpc) is 3.37. The van der Waals surface area contributed by atoms with Crippen molar-refractivity contribution in [3.63, 3.8) is 0 Å². The van der Waals surface area contributed by atoms with Crippen molar-refractivity contribution in [1.29, 1.82) is 0 Å². The zero-order valence-electron chi connectivity index (χ0n) is 16.2. The van der Waals surface area contributed by atoms with Gasteiger partial charge in [0.15, 0.2) is 5.96 Å². The van der Waals surface area contributed by atoms with Crippen molar-refractivity contribution >= 4 is 5.96 Å². The summed E-state index contributed by atoms with van der Waals surface area (Å²) in [5, 5.41) is 14.6. The van der Waals surface area contributed by atoms with Crippen molar-refractivity contribution in [2.75, 3.05) is 26.7 Å². The van der Waals surface area contributed by atoms with E-state index in [-0.39, 0.29) is 0 Å². The van der Waals surface area contributed by atoms with Crippen molar-refractivity contribution in [3.8, 4) is 0 Å². The molecule has 2 aromatic rings. The first-order valence-electron chi connectivity index (χ1n) is 9.90. The number of nitrogens with one attached hydrogen (secondary N) is 2. The third kappa shape index (κ3) is 6.36. The fourth-order valence-corrected chi connectivity index (χ4v) is 3.55. The third-order valence-electron chi connectivity index (χ3n) is 5.06. The number of likely N-dealkylation sites (tertiary alicyclic amines) is 1. The van der Waals surface area contributed by atoms with Crippen LogP contribution in [0, 0.1) is 0 Å². The Labute approximate surface area is 161 Å². The van der Waals surface area contributed by atoms with Gasteiger partial charge in [0.05, 0.1) is 0 Å². The molecule has 7 heteroatoms. The largest absolute Gasteiger partial charge is 0.356 e. The summed E-state index contributed by atoms with van der Waals surface area (Å²) in [4.78, 5) is 6.93. The molecule has 1 aromatic carbocycles. The highest BCUT2D eigenvalue weighted by Crippen LogP contribution is 2.19. The van der Waals surface area contributed by atoms with Gasteiger partial charge in [-0.25, -0.2) is 0 Å². The standard InChI is InChI=1S/C20H31N7/c1-21-20(22-11-5-6-12-26-16-24-25-17-26)23-14-19-10-7-13-27(19)15-18-8-3-2-4-9-18/h2-4,8-9,16-17,19H,5-7,10-15H2,1H3,(H2,21,22,23). The number of hydrogen-bond donors (Lipinski definition) is 2. The number of guanidine groups is 1. The van der Waals surface area contributed by atoms with Crippen molar-refractivity contribution in [2.24, 2.45) is 4.99 Å². The van der Waals surface area contributed by atoms with Crippen LogP contribution in [-0.2, 0) is 13.1 Å². The second-order valence-electron chi connectivity index (χ2n) is 7.04. The van der Waals surface area contributed by atoms with E-state index < -0.39 is 0 Å². The number of hydrogen-bond acceptors (Lipinski definition) is 4. The van der Waals surface area contributed by atoms with Crippen LogP contribution in [0.25, 0.3) is 0 Å². The quantitative estimate of drug-likeness (QED) is 0.401. The van der Waals surface area contributed by atoms with Gasteiger partial charge in [-0.05, 0) is 37.8 Å². The highest BCUT2D eigenvalue weighted by Gasteiger charge is 2.24. The highest BCUT2D eigenvalue weighted by molar-refractivity contribution is 5.79. The topological polar surface area (TPSA) is 70.4 Å². The van der Waals surface area contributed by atoms with Crippen LogP contribution in [0.15, 0.2) is 48.0 Å². The number of aryl methyl sites for hydroxylation is 1. The van der Waals surface area contributed by atoms with Crippen LogP contribution in [0.3, 0.4) is 0 Å². The van der Waals surface area contributed by atoms with Crippen molar-refractivity contribution in [3.05, 3.63) is 48.5 Å². The Hall–Kier alpha value is -2.41. The molecule has 0 aliphatic carbocycles. The van der Waals surface area contributed by atoms with Crippen LogP contribution in [0.2, 0.25) is 0 Å². The second-order valence-corrected chi connectivity index (χ2v) is 7.04. The average molecular weight is 370 g/mol. The Bertz CT molecular complexity index is 669. The molecule has 2 N–H and O–H groups in total. The lowest BCUT2D eigenvalue weighted by atomic mass is 10.2. The van der Waals surface area contributed by atoms with Crippen LogP contribution in [-0.4, -0.2) is 58.3 Å². The lowest BCUT2D eigenvalue weighted by Gasteiger charge is -2.25. The van der Waals surface area contributed by atoms with Gasteiger partial charge >= 0.3 is 0 Å². The van der Waals surface area contributed by atoms with Crippen LogP contribution < -0.4 is 10.6 Å². The monoisotopic (exact) mass is 369 g/mol. The molecule has 2 heterocycles. The van der Waals surface area contributed by atoms with Gasteiger partial charge in [0, 0.05) is 39.3 Å². The fraction of sp³-hybridized carbons (Fsp3) is 0.550. The molecule has 27 heavy (non-hydrogen) atoms. The van der Waals surface area contributed by atoms with Gasteiger partial charge in [0.2, 0.25) is 0 Å². The predicted molar refractivity (Wildman–Crippen MR) is 108 cm³/mol. The maximum Gasteiger partial charge on any atom is 0.191 e. The molecule has 0 bridgehead atoms. The maximum atomic E-state index is 4.36. The Morgan fingerprint density at radius 2 is 1.96 bits per heavy atom. The van der Waals surface area contributed by atoms with E-state index in [1.165, 1.54) is 24.9 Å². The molecule has 0 spiro atoms. The van der Waals surface area contributed by atoms with E-state index in [1.54, 1.807) is 12.7 Å². The summed E-state index contributed by atoms with van der Waals surface area (Å²) in [6, 6.07) is 11.3. The van der Waals surface area contributed by atoms with Gasteiger partial charge in [0.1, 0.15) is 12.7 Å². The predicted octanol–water partition coefficient (Wildman–Crippen LogP) is 1.89. The smallest absolute Gasteiger partial charge is 0.191 e. The molecule has 0 saturated carbocycles. The minimum Gasteiger partial charge on any atom is -0.356 e. The zero-order chi connectivity index (χ0) is 18.7. The van der Waals surface area contributed by atoms with Gasteiger partial charge < -0.3 is 15.2 Å². The number of unbranched alkanes of at least 4 members (excludes halogenated alkanes) is 1. The number of benzene rings is 1. The molecule has 1 unspecified atom stereocenters. The summed E-state index contributed by atoms with van der Waals surface area (Å²) in [6.07, 6.45) is 8.22. The van der Waals surface area contributed by atoms with Gasteiger partial charge in [-0.15, -0.1) is 10.2 Å². The summed E-state index contributed by atoms with van der Waals surface area (Å²) in [6.45, 7) is 5.02. The Morgan fingerprint density at radius 1 is 1.15 bits per heavy atom. The van der Waals surface area contributed by atoms with Crippen molar-refractivity contribution in [2.45, 2.75) is 44.8 Å². The van der Waals surface area contributed by atoms with Crippen LogP contribution >= 0.6 is 0 Å². The summed E-state index contributed by atoms with van der Waals surface area (Å²) in [7, 11) is 1.84. The van der Waals surface area contributed by atoms with Gasteiger partial charge in [-0.3, -0.25) is 9.89 Å². The van der Waals surface area contributed by atoms with E-state index in [2.05, 4.69) is 61.1 Å². The summed E-state index contributed by atoms with van der Waals surface area (Å²) < 4.78 is 2.01. The SMILES string of the molecule is CN=C(NCCCCn1cnnc1)NCC1CCCN1Cc1ccccc1. The molecular weight excluding hydrogens is 338 g/mol. The van der Waals surface area contributed by atoms with Gasteiger partial charge in [-0.2, -0.15) is 0 Å².